The van der Waals surface area contributed by atoms with Gasteiger partial charge in [-0.3, -0.25) is 9.20 Å². The van der Waals surface area contributed by atoms with Crippen LogP contribution in [0.3, 0.4) is 0 Å². The molecule has 1 unspecified atom stereocenters. The summed E-state index contributed by atoms with van der Waals surface area (Å²) >= 11 is 0. The summed E-state index contributed by atoms with van der Waals surface area (Å²) in [6.45, 7) is 2.50. The van der Waals surface area contributed by atoms with E-state index in [-0.39, 0.29) is 18.3 Å². The summed E-state index contributed by atoms with van der Waals surface area (Å²) in [5.74, 6) is -0.278. The number of hydrogen-bond acceptors (Lipinski definition) is 4. The lowest BCUT2D eigenvalue weighted by Gasteiger charge is -2.17. The minimum Gasteiger partial charge on any atom is -0.472 e. The third-order valence-corrected chi connectivity index (χ3v) is 4.69. The zero-order chi connectivity index (χ0) is 19.9. The lowest BCUT2D eigenvalue weighted by atomic mass is 10.2. The van der Waals surface area contributed by atoms with Gasteiger partial charge in [0, 0.05) is 31.4 Å². The Hall–Kier alpha value is -3.10. The fourth-order valence-corrected chi connectivity index (χ4v) is 3.35. The molecule has 1 amide bonds. The number of rotatable bonds is 3. The fraction of sp³-hybridized carbons (Fsp3) is 0.316. The third-order valence-electron chi connectivity index (χ3n) is 4.69. The van der Waals surface area contributed by atoms with Gasteiger partial charge in [-0.2, -0.15) is 13.2 Å². The lowest BCUT2D eigenvalue weighted by molar-refractivity contribution is -0.137. The van der Waals surface area contributed by atoms with Crippen LogP contribution in [0.25, 0.3) is 5.65 Å². The van der Waals surface area contributed by atoms with E-state index in [2.05, 4.69) is 9.97 Å². The molecule has 1 aliphatic heterocycles. The molecule has 0 aromatic carbocycles. The van der Waals surface area contributed by atoms with Gasteiger partial charge < -0.3 is 9.64 Å². The average Bonchev–Trinajstić information content (AvgIpc) is 3.24. The second kappa shape index (κ2) is 6.81. The number of carbonyl (C=O) groups is 1. The summed E-state index contributed by atoms with van der Waals surface area (Å²) in [7, 11) is 0. The van der Waals surface area contributed by atoms with Crippen molar-refractivity contribution in [2.45, 2.75) is 25.6 Å². The van der Waals surface area contributed by atoms with E-state index in [1.807, 2.05) is 18.2 Å². The maximum atomic E-state index is 13.0. The molecule has 3 aromatic rings. The van der Waals surface area contributed by atoms with Gasteiger partial charge in [-0.25, -0.2) is 9.97 Å². The first-order chi connectivity index (χ1) is 13.3. The molecular formula is C19H17F3N4O2. The molecule has 0 saturated carbocycles. The molecular weight excluding hydrogens is 373 g/mol. The Bertz CT molecular complexity index is 1030. The molecule has 9 heteroatoms. The molecule has 1 atom stereocenters. The minimum atomic E-state index is -4.46. The number of nitrogens with zero attached hydrogens (tertiary/aromatic N) is 4. The number of aromatic nitrogens is 3. The number of alkyl halides is 3. The van der Waals surface area contributed by atoms with Crippen molar-refractivity contribution >= 4 is 11.6 Å². The summed E-state index contributed by atoms with van der Waals surface area (Å²) in [6.07, 6.45) is -1.52. The van der Waals surface area contributed by atoms with Crippen LogP contribution < -0.4 is 4.74 Å². The van der Waals surface area contributed by atoms with Crippen LogP contribution in [0.4, 0.5) is 13.2 Å². The molecule has 146 valence electrons. The summed E-state index contributed by atoms with van der Waals surface area (Å²) in [5.41, 5.74) is 0.974. The van der Waals surface area contributed by atoms with Gasteiger partial charge in [0.25, 0.3) is 5.91 Å². The Morgan fingerprint density at radius 2 is 2.11 bits per heavy atom. The molecule has 4 heterocycles. The van der Waals surface area contributed by atoms with Crippen LogP contribution in [0.1, 0.15) is 28.2 Å². The molecule has 4 rings (SSSR count). The maximum Gasteiger partial charge on any atom is 0.416 e. The SMILES string of the molecule is Cc1nc2ccccn2c1C(=O)N1CCC(Oc2cc(C(F)(F)F)ccn2)C1. The molecule has 0 spiro atoms. The number of hydrogen-bond donors (Lipinski definition) is 0. The normalized spacial score (nSPS) is 17.3. The van der Waals surface area contributed by atoms with Crippen molar-refractivity contribution in [1.29, 1.82) is 0 Å². The van der Waals surface area contributed by atoms with Gasteiger partial charge in [0.2, 0.25) is 5.88 Å². The molecule has 1 fully saturated rings. The summed E-state index contributed by atoms with van der Waals surface area (Å²) in [4.78, 5) is 22.8. The van der Waals surface area contributed by atoms with Gasteiger partial charge >= 0.3 is 6.18 Å². The number of likely N-dealkylation sites (tertiary alicyclic amines) is 1. The van der Waals surface area contributed by atoms with Crippen LogP contribution in [-0.4, -0.2) is 44.4 Å². The van der Waals surface area contributed by atoms with Gasteiger partial charge in [0.1, 0.15) is 17.4 Å². The number of halogens is 3. The number of pyridine rings is 2. The van der Waals surface area contributed by atoms with E-state index in [9.17, 15) is 18.0 Å². The highest BCUT2D eigenvalue weighted by Gasteiger charge is 2.33. The zero-order valence-corrected chi connectivity index (χ0v) is 15.0. The maximum absolute atomic E-state index is 13.0. The molecule has 3 aromatic heterocycles. The molecule has 6 nitrogen and oxygen atoms in total. The zero-order valence-electron chi connectivity index (χ0n) is 15.0. The van der Waals surface area contributed by atoms with E-state index in [0.29, 0.717) is 30.0 Å². The number of carbonyl (C=O) groups excluding carboxylic acids is 1. The Kier molecular flexibility index (Phi) is 4.44. The summed E-state index contributed by atoms with van der Waals surface area (Å²) in [6, 6.07) is 7.25. The second-order valence-electron chi connectivity index (χ2n) is 6.63. The van der Waals surface area contributed by atoms with Crippen molar-refractivity contribution in [3.05, 3.63) is 59.7 Å². The molecule has 1 aliphatic rings. The summed E-state index contributed by atoms with van der Waals surface area (Å²) < 4.78 is 45.8. The van der Waals surface area contributed by atoms with Crippen LogP contribution >= 0.6 is 0 Å². The molecule has 0 radical (unpaired) electrons. The number of amides is 1. The molecule has 0 N–H and O–H groups in total. The van der Waals surface area contributed by atoms with E-state index in [1.54, 1.807) is 22.4 Å². The van der Waals surface area contributed by atoms with Crippen molar-refractivity contribution in [3.63, 3.8) is 0 Å². The number of ether oxygens (including phenoxy) is 1. The number of aryl methyl sites for hydroxylation is 1. The lowest BCUT2D eigenvalue weighted by Crippen LogP contribution is -2.32. The first-order valence-corrected chi connectivity index (χ1v) is 8.76. The number of fused-ring (bicyclic) bond motifs is 1. The second-order valence-corrected chi connectivity index (χ2v) is 6.63. The highest BCUT2D eigenvalue weighted by molar-refractivity contribution is 5.94. The Morgan fingerprint density at radius 1 is 1.29 bits per heavy atom. The van der Waals surface area contributed by atoms with Gasteiger partial charge in [0.15, 0.2) is 0 Å². The van der Waals surface area contributed by atoms with Crippen LogP contribution in [0.2, 0.25) is 0 Å². The first kappa shape index (κ1) is 18.3. The fourth-order valence-electron chi connectivity index (χ4n) is 3.35. The van der Waals surface area contributed by atoms with Crippen molar-refractivity contribution in [3.8, 4) is 5.88 Å². The van der Waals surface area contributed by atoms with Crippen molar-refractivity contribution in [2.24, 2.45) is 0 Å². The predicted molar refractivity (Wildman–Crippen MR) is 94.1 cm³/mol. The third kappa shape index (κ3) is 3.39. The molecule has 28 heavy (non-hydrogen) atoms. The van der Waals surface area contributed by atoms with E-state index in [1.165, 1.54) is 0 Å². The standard InChI is InChI=1S/C19H17F3N4O2/c1-12-17(26-8-3-2-4-15(26)24-12)18(27)25-9-6-14(11-25)28-16-10-13(5-7-23-16)19(20,21)22/h2-5,7-8,10,14H,6,9,11H2,1H3. The summed E-state index contributed by atoms with van der Waals surface area (Å²) in [5, 5.41) is 0. The van der Waals surface area contributed by atoms with Gasteiger partial charge in [0.05, 0.1) is 17.8 Å². The molecule has 0 aliphatic carbocycles. The van der Waals surface area contributed by atoms with Gasteiger partial charge in [-0.05, 0) is 25.1 Å². The Labute approximate surface area is 158 Å². The van der Waals surface area contributed by atoms with Crippen molar-refractivity contribution in [2.75, 3.05) is 13.1 Å². The van der Waals surface area contributed by atoms with Gasteiger partial charge in [-0.1, -0.05) is 6.07 Å². The van der Waals surface area contributed by atoms with Crippen molar-refractivity contribution < 1.29 is 22.7 Å². The van der Waals surface area contributed by atoms with E-state index in [0.717, 1.165) is 18.3 Å². The van der Waals surface area contributed by atoms with Crippen LogP contribution in [0.15, 0.2) is 42.7 Å². The van der Waals surface area contributed by atoms with Crippen LogP contribution in [0.5, 0.6) is 5.88 Å². The van der Waals surface area contributed by atoms with Crippen molar-refractivity contribution in [1.82, 2.24) is 19.3 Å². The van der Waals surface area contributed by atoms with Crippen LogP contribution in [-0.2, 0) is 6.18 Å². The average molecular weight is 390 g/mol. The quantitative estimate of drug-likeness (QED) is 0.688. The topological polar surface area (TPSA) is 59.7 Å². The largest absolute Gasteiger partial charge is 0.472 e. The van der Waals surface area contributed by atoms with E-state index < -0.39 is 17.8 Å². The predicted octanol–water partition coefficient (Wildman–Crippen LogP) is 3.35. The minimum absolute atomic E-state index is 0.0971. The van der Waals surface area contributed by atoms with E-state index in [4.69, 9.17) is 4.74 Å². The number of imidazole rings is 1. The van der Waals surface area contributed by atoms with Crippen LogP contribution in [0, 0.1) is 6.92 Å². The first-order valence-electron chi connectivity index (χ1n) is 8.76. The highest BCUT2D eigenvalue weighted by atomic mass is 19.4. The molecule has 0 bridgehead atoms. The molecule has 1 saturated heterocycles. The van der Waals surface area contributed by atoms with Gasteiger partial charge in [-0.15, -0.1) is 0 Å². The smallest absolute Gasteiger partial charge is 0.416 e. The highest BCUT2D eigenvalue weighted by Crippen LogP contribution is 2.31. The Morgan fingerprint density at radius 3 is 2.89 bits per heavy atom. The Balaban J connectivity index is 1.48. The van der Waals surface area contributed by atoms with E-state index >= 15 is 0 Å². The monoisotopic (exact) mass is 390 g/mol.